The van der Waals surface area contributed by atoms with Crippen molar-refractivity contribution in [1.82, 2.24) is 4.40 Å². The number of esters is 1. The summed E-state index contributed by atoms with van der Waals surface area (Å²) in [6.07, 6.45) is 1.87. The first-order valence-electron chi connectivity index (χ1n) is 6.85. The maximum Gasteiger partial charge on any atom is 0.355 e. The zero-order chi connectivity index (χ0) is 15.7. The Bertz CT molecular complexity index is 838. The van der Waals surface area contributed by atoms with Crippen LogP contribution in [-0.4, -0.2) is 17.0 Å². The summed E-state index contributed by atoms with van der Waals surface area (Å²) in [6.45, 7) is 2.15. The number of aromatic nitrogens is 1. The summed E-state index contributed by atoms with van der Waals surface area (Å²) in [6, 6.07) is 13.7. The average Bonchev–Trinajstić information content (AvgIpc) is 2.82. The summed E-state index contributed by atoms with van der Waals surface area (Å²) in [4.78, 5) is 12.5. The van der Waals surface area contributed by atoms with E-state index in [1.165, 1.54) is 0 Å². The fourth-order valence-electron chi connectivity index (χ4n) is 2.45. The average molecular weight is 423 g/mol. The summed E-state index contributed by atoms with van der Waals surface area (Å²) in [5, 5.41) is 0. The third-order valence-corrected chi connectivity index (χ3v) is 4.72. The van der Waals surface area contributed by atoms with Crippen molar-refractivity contribution in [2.75, 3.05) is 6.61 Å². The number of carbonyl (C=O) groups excluding carboxylic acids is 1. The van der Waals surface area contributed by atoms with Gasteiger partial charge < -0.3 is 9.14 Å². The predicted octanol–water partition coefficient (Wildman–Crippen LogP) is 5.31. The Balaban J connectivity index is 2.32. The van der Waals surface area contributed by atoms with Crippen LogP contribution >= 0.6 is 31.9 Å². The Kier molecular flexibility index (Phi) is 4.36. The van der Waals surface area contributed by atoms with Crippen LogP contribution in [0.3, 0.4) is 0 Å². The Hall–Kier alpha value is -1.59. The number of benzene rings is 1. The minimum atomic E-state index is -0.327. The molecule has 0 atom stereocenters. The zero-order valence-corrected chi connectivity index (χ0v) is 15.0. The highest BCUT2D eigenvalue weighted by molar-refractivity contribution is 9.11. The maximum atomic E-state index is 12.5. The van der Waals surface area contributed by atoms with Crippen molar-refractivity contribution in [3.63, 3.8) is 0 Å². The summed E-state index contributed by atoms with van der Waals surface area (Å²) >= 11 is 7.07. The van der Waals surface area contributed by atoms with Gasteiger partial charge in [0.15, 0.2) is 0 Å². The third kappa shape index (κ3) is 2.59. The molecule has 0 saturated heterocycles. The SMILES string of the molecule is CCOC(=O)c1c(-c2ccc(Br)cc2)c(Br)c2ccccn12. The van der Waals surface area contributed by atoms with E-state index < -0.39 is 0 Å². The van der Waals surface area contributed by atoms with Crippen LogP contribution in [-0.2, 0) is 4.74 Å². The van der Waals surface area contributed by atoms with Crippen molar-refractivity contribution < 1.29 is 9.53 Å². The van der Waals surface area contributed by atoms with Crippen LogP contribution in [0.5, 0.6) is 0 Å². The molecule has 112 valence electrons. The van der Waals surface area contributed by atoms with E-state index in [1.807, 2.05) is 60.0 Å². The van der Waals surface area contributed by atoms with Gasteiger partial charge in [0, 0.05) is 16.2 Å². The molecule has 3 nitrogen and oxygen atoms in total. The fourth-order valence-corrected chi connectivity index (χ4v) is 3.45. The number of rotatable bonds is 3. The topological polar surface area (TPSA) is 30.7 Å². The van der Waals surface area contributed by atoms with Crippen LogP contribution in [0.4, 0.5) is 0 Å². The summed E-state index contributed by atoms with van der Waals surface area (Å²) < 4.78 is 8.99. The molecule has 3 rings (SSSR count). The van der Waals surface area contributed by atoms with Gasteiger partial charge in [-0.15, -0.1) is 0 Å². The van der Waals surface area contributed by atoms with Crippen molar-refractivity contribution in [2.24, 2.45) is 0 Å². The molecule has 0 fully saturated rings. The number of hydrogen-bond donors (Lipinski definition) is 0. The van der Waals surface area contributed by atoms with Gasteiger partial charge >= 0.3 is 5.97 Å². The molecular formula is C17H13Br2NO2. The van der Waals surface area contributed by atoms with Crippen LogP contribution in [0, 0.1) is 0 Å². The normalized spacial score (nSPS) is 10.9. The molecule has 22 heavy (non-hydrogen) atoms. The quantitative estimate of drug-likeness (QED) is 0.535. The number of ether oxygens (including phenoxy) is 1. The second-order valence-electron chi connectivity index (χ2n) is 4.72. The summed E-state index contributed by atoms with van der Waals surface area (Å²) in [5.74, 6) is -0.327. The molecule has 0 aliphatic heterocycles. The first-order valence-corrected chi connectivity index (χ1v) is 8.43. The van der Waals surface area contributed by atoms with Gasteiger partial charge in [-0.2, -0.15) is 0 Å². The van der Waals surface area contributed by atoms with Crippen molar-refractivity contribution in [1.29, 1.82) is 0 Å². The predicted molar refractivity (Wildman–Crippen MR) is 94.2 cm³/mol. The highest BCUT2D eigenvalue weighted by atomic mass is 79.9. The molecule has 0 unspecified atom stereocenters. The lowest BCUT2D eigenvalue weighted by molar-refractivity contribution is 0.0519. The van der Waals surface area contributed by atoms with E-state index in [0.717, 1.165) is 25.6 Å². The molecule has 3 aromatic rings. The maximum absolute atomic E-state index is 12.5. The van der Waals surface area contributed by atoms with Crippen LogP contribution in [0.25, 0.3) is 16.6 Å². The molecular weight excluding hydrogens is 410 g/mol. The molecule has 2 aromatic heterocycles. The van der Waals surface area contributed by atoms with Gasteiger partial charge in [0.05, 0.1) is 16.6 Å². The van der Waals surface area contributed by atoms with E-state index in [-0.39, 0.29) is 5.97 Å². The Morgan fingerprint density at radius 2 is 1.86 bits per heavy atom. The van der Waals surface area contributed by atoms with Gasteiger partial charge in [0.1, 0.15) is 5.69 Å². The number of carbonyl (C=O) groups is 1. The van der Waals surface area contributed by atoms with Crippen LogP contribution < -0.4 is 0 Å². The second kappa shape index (κ2) is 6.26. The van der Waals surface area contributed by atoms with Gasteiger partial charge in [-0.3, -0.25) is 0 Å². The zero-order valence-electron chi connectivity index (χ0n) is 11.8. The van der Waals surface area contributed by atoms with Crippen molar-refractivity contribution in [3.8, 4) is 11.1 Å². The number of pyridine rings is 1. The molecule has 0 spiro atoms. The highest BCUT2D eigenvalue weighted by Crippen LogP contribution is 2.38. The van der Waals surface area contributed by atoms with E-state index in [9.17, 15) is 4.79 Å². The van der Waals surface area contributed by atoms with E-state index in [0.29, 0.717) is 12.3 Å². The monoisotopic (exact) mass is 421 g/mol. The molecule has 0 bridgehead atoms. The molecule has 0 saturated carbocycles. The van der Waals surface area contributed by atoms with E-state index in [1.54, 1.807) is 0 Å². The standard InChI is InChI=1S/C17H13Br2NO2/c1-2-22-17(21)16-14(11-6-8-12(18)9-7-11)15(19)13-5-3-4-10-20(13)16/h3-10H,2H2,1H3. The lowest BCUT2D eigenvalue weighted by Gasteiger charge is -2.07. The van der Waals surface area contributed by atoms with Crippen molar-refractivity contribution >= 4 is 43.3 Å². The van der Waals surface area contributed by atoms with E-state index in [4.69, 9.17) is 4.74 Å². The first-order chi connectivity index (χ1) is 10.6. The number of fused-ring (bicyclic) bond motifs is 1. The highest BCUT2D eigenvalue weighted by Gasteiger charge is 2.23. The fraction of sp³-hybridized carbons (Fsp3) is 0.118. The second-order valence-corrected chi connectivity index (χ2v) is 6.43. The number of nitrogens with zero attached hydrogens (tertiary/aromatic N) is 1. The molecule has 0 radical (unpaired) electrons. The molecule has 0 aliphatic rings. The van der Waals surface area contributed by atoms with Crippen LogP contribution in [0.15, 0.2) is 57.6 Å². The van der Waals surface area contributed by atoms with E-state index >= 15 is 0 Å². The molecule has 2 heterocycles. The largest absolute Gasteiger partial charge is 0.461 e. The van der Waals surface area contributed by atoms with Gasteiger partial charge in [0.2, 0.25) is 0 Å². The smallest absolute Gasteiger partial charge is 0.355 e. The number of halogens is 2. The number of hydrogen-bond acceptors (Lipinski definition) is 2. The van der Waals surface area contributed by atoms with E-state index in [2.05, 4.69) is 31.9 Å². The molecule has 1 aromatic carbocycles. The van der Waals surface area contributed by atoms with Gasteiger partial charge in [0.25, 0.3) is 0 Å². The molecule has 0 amide bonds. The summed E-state index contributed by atoms with van der Waals surface area (Å²) in [5.41, 5.74) is 3.27. The van der Waals surface area contributed by atoms with Crippen molar-refractivity contribution in [3.05, 3.63) is 63.3 Å². The third-order valence-electron chi connectivity index (χ3n) is 3.38. The van der Waals surface area contributed by atoms with Gasteiger partial charge in [-0.05, 0) is 52.7 Å². The Morgan fingerprint density at radius 3 is 2.55 bits per heavy atom. The molecule has 0 N–H and O–H groups in total. The summed E-state index contributed by atoms with van der Waals surface area (Å²) in [7, 11) is 0. The van der Waals surface area contributed by atoms with Crippen molar-refractivity contribution in [2.45, 2.75) is 6.92 Å². The molecule has 5 heteroatoms. The van der Waals surface area contributed by atoms with Gasteiger partial charge in [-0.1, -0.05) is 34.1 Å². The minimum absolute atomic E-state index is 0.327. The van der Waals surface area contributed by atoms with Crippen LogP contribution in [0.1, 0.15) is 17.4 Å². The Morgan fingerprint density at radius 1 is 1.14 bits per heavy atom. The lowest BCUT2D eigenvalue weighted by Crippen LogP contribution is -2.09. The first kappa shape index (κ1) is 15.3. The van der Waals surface area contributed by atoms with Gasteiger partial charge in [-0.25, -0.2) is 4.79 Å². The minimum Gasteiger partial charge on any atom is -0.461 e. The molecule has 0 aliphatic carbocycles. The Labute approximate surface area is 145 Å². The van der Waals surface area contributed by atoms with Crippen LogP contribution in [0.2, 0.25) is 0 Å². The lowest BCUT2D eigenvalue weighted by atomic mass is 10.1.